The molecule has 0 spiro atoms. The second-order valence-corrected chi connectivity index (χ2v) is 10.6. The lowest BCUT2D eigenvalue weighted by Crippen LogP contribution is -2.39. The third-order valence-corrected chi connectivity index (χ3v) is 8.13. The summed E-state index contributed by atoms with van der Waals surface area (Å²) in [7, 11) is 0. The highest BCUT2D eigenvalue weighted by Crippen LogP contribution is 2.35. The van der Waals surface area contributed by atoms with Crippen LogP contribution in [-0.2, 0) is 9.53 Å². The number of esters is 1. The molecule has 1 fully saturated rings. The maximum absolute atomic E-state index is 13.9. The lowest BCUT2D eigenvalue weighted by atomic mass is 9.93. The summed E-state index contributed by atoms with van der Waals surface area (Å²) in [5.74, 6) is -0.472. The maximum Gasteiger partial charge on any atom is 0.338 e. The van der Waals surface area contributed by atoms with Crippen molar-refractivity contribution in [3.8, 4) is 0 Å². The summed E-state index contributed by atoms with van der Waals surface area (Å²) in [5.41, 5.74) is 4.51. The highest BCUT2D eigenvalue weighted by molar-refractivity contribution is 7.07. The number of aromatic nitrogens is 1. The molecular formula is C32H29N3O3S. The maximum atomic E-state index is 13.9. The molecule has 3 aromatic carbocycles. The fraction of sp³-hybridized carbons (Fsp3) is 0.219. The Morgan fingerprint density at radius 1 is 0.974 bits per heavy atom. The van der Waals surface area contributed by atoms with Crippen molar-refractivity contribution in [3.63, 3.8) is 0 Å². The molecule has 0 N–H and O–H groups in total. The highest BCUT2D eigenvalue weighted by Gasteiger charge is 2.35. The Labute approximate surface area is 230 Å². The van der Waals surface area contributed by atoms with Gasteiger partial charge in [0.05, 0.1) is 28.5 Å². The number of anilines is 1. The predicted octanol–water partition coefficient (Wildman–Crippen LogP) is 4.54. The minimum atomic E-state index is -0.656. The number of carbonyl (C=O) groups excluding carboxylic acids is 1. The van der Waals surface area contributed by atoms with Crippen molar-refractivity contribution < 1.29 is 9.53 Å². The molecule has 1 aromatic heterocycles. The van der Waals surface area contributed by atoms with Crippen LogP contribution >= 0.6 is 11.3 Å². The number of thiazole rings is 1. The van der Waals surface area contributed by atoms with Gasteiger partial charge in [0.15, 0.2) is 4.80 Å². The first-order chi connectivity index (χ1) is 19.1. The zero-order chi connectivity index (χ0) is 26.8. The number of carbonyl (C=O) groups is 1. The summed E-state index contributed by atoms with van der Waals surface area (Å²) < 4.78 is 7.73. The molecule has 0 aliphatic carbocycles. The van der Waals surface area contributed by atoms with Crippen LogP contribution in [0.25, 0.3) is 11.8 Å². The van der Waals surface area contributed by atoms with E-state index >= 15 is 0 Å². The van der Waals surface area contributed by atoms with E-state index in [-0.39, 0.29) is 12.2 Å². The molecule has 0 radical (unpaired) electrons. The second kappa shape index (κ2) is 10.9. The lowest BCUT2D eigenvalue weighted by Gasteiger charge is -2.25. The Morgan fingerprint density at radius 2 is 1.64 bits per heavy atom. The number of ether oxygens (including phenoxy) is 1. The molecule has 0 saturated carbocycles. The van der Waals surface area contributed by atoms with Crippen molar-refractivity contribution in [3.05, 3.63) is 127 Å². The molecule has 7 heteroatoms. The Balaban J connectivity index is 1.53. The molecule has 1 saturated heterocycles. The van der Waals surface area contributed by atoms with E-state index in [1.54, 1.807) is 11.5 Å². The third kappa shape index (κ3) is 4.86. The quantitative estimate of drug-likeness (QED) is 0.340. The molecule has 2 aliphatic rings. The zero-order valence-corrected chi connectivity index (χ0v) is 22.6. The molecule has 1 atom stereocenters. The number of rotatable bonds is 6. The van der Waals surface area contributed by atoms with Gasteiger partial charge in [-0.05, 0) is 49.1 Å². The van der Waals surface area contributed by atoms with Gasteiger partial charge in [-0.3, -0.25) is 9.36 Å². The van der Waals surface area contributed by atoms with Gasteiger partial charge in [-0.25, -0.2) is 9.79 Å². The van der Waals surface area contributed by atoms with Gasteiger partial charge < -0.3 is 9.64 Å². The van der Waals surface area contributed by atoms with Crippen LogP contribution in [0.4, 0.5) is 5.69 Å². The van der Waals surface area contributed by atoms with E-state index in [0.717, 1.165) is 29.8 Å². The first-order valence-corrected chi connectivity index (χ1v) is 14.1. The number of fused-ring (bicyclic) bond motifs is 1. The first kappa shape index (κ1) is 25.1. The number of hydrogen-bond acceptors (Lipinski definition) is 6. The van der Waals surface area contributed by atoms with E-state index in [4.69, 9.17) is 9.73 Å². The van der Waals surface area contributed by atoms with Crippen LogP contribution in [0.1, 0.15) is 42.5 Å². The summed E-state index contributed by atoms with van der Waals surface area (Å²) >= 11 is 1.34. The van der Waals surface area contributed by atoms with E-state index in [1.807, 2.05) is 66.7 Å². The van der Waals surface area contributed by atoms with E-state index in [0.29, 0.717) is 20.6 Å². The summed E-state index contributed by atoms with van der Waals surface area (Å²) in [6.07, 6.45) is 4.37. The average molecular weight is 536 g/mol. The molecule has 0 amide bonds. The molecule has 4 aromatic rings. The van der Waals surface area contributed by atoms with E-state index in [1.165, 1.54) is 29.9 Å². The van der Waals surface area contributed by atoms with Crippen LogP contribution in [0, 0.1) is 0 Å². The van der Waals surface area contributed by atoms with Crippen molar-refractivity contribution in [2.75, 3.05) is 24.6 Å². The van der Waals surface area contributed by atoms with Crippen molar-refractivity contribution in [1.29, 1.82) is 0 Å². The molecule has 39 heavy (non-hydrogen) atoms. The smallest absolute Gasteiger partial charge is 0.338 e. The van der Waals surface area contributed by atoms with Crippen LogP contribution in [0.5, 0.6) is 0 Å². The Morgan fingerprint density at radius 3 is 2.31 bits per heavy atom. The third-order valence-electron chi connectivity index (χ3n) is 7.15. The lowest BCUT2D eigenvalue weighted by molar-refractivity contribution is -0.138. The molecule has 3 heterocycles. The topological polar surface area (TPSA) is 63.9 Å². The van der Waals surface area contributed by atoms with Gasteiger partial charge in [-0.2, -0.15) is 0 Å². The molecule has 6 nitrogen and oxygen atoms in total. The largest absolute Gasteiger partial charge is 0.463 e. The summed E-state index contributed by atoms with van der Waals surface area (Å²) in [6.45, 7) is 4.18. The van der Waals surface area contributed by atoms with Crippen molar-refractivity contribution >= 4 is 34.8 Å². The molecule has 0 unspecified atom stereocenters. The predicted molar refractivity (Wildman–Crippen MR) is 155 cm³/mol. The standard InChI is InChI=1S/C32H29N3O3S/c1-2-38-31(37)27-28(23-11-5-3-6-12-23)33-32-35(29(27)24-13-7-4-8-14-24)30(36)26(39-32)21-22-15-17-25(18-16-22)34-19-9-10-20-34/h3-8,11-18,21,29H,2,9-10,19-20H2,1H3/b26-21+/t29-/m0/s1. The molecule has 6 rings (SSSR count). The fourth-order valence-electron chi connectivity index (χ4n) is 5.30. The van der Waals surface area contributed by atoms with Gasteiger partial charge in [0.1, 0.15) is 0 Å². The minimum absolute atomic E-state index is 0.176. The first-order valence-electron chi connectivity index (χ1n) is 13.3. The zero-order valence-electron chi connectivity index (χ0n) is 21.7. The highest BCUT2D eigenvalue weighted by atomic mass is 32.1. The van der Waals surface area contributed by atoms with Crippen LogP contribution < -0.4 is 19.8 Å². The monoisotopic (exact) mass is 535 g/mol. The molecule has 0 bridgehead atoms. The van der Waals surface area contributed by atoms with E-state index in [2.05, 4.69) is 29.2 Å². The normalized spacial score (nSPS) is 17.2. The number of nitrogens with zero attached hydrogens (tertiary/aromatic N) is 3. The van der Waals surface area contributed by atoms with Crippen LogP contribution in [0.15, 0.2) is 100 Å². The van der Waals surface area contributed by atoms with Crippen LogP contribution in [-0.4, -0.2) is 30.2 Å². The van der Waals surface area contributed by atoms with Crippen LogP contribution in [0.2, 0.25) is 0 Å². The van der Waals surface area contributed by atoms with Gasteiger partial charge in [-0.15, -0.1) is 0 Å². The molecule has 196 valence electrons. The average Bonchev–Trinajstić information content (AvgIpc) is 3.62. The van der Waals surface area contributed by atoms with Crippen molar-refractivity contribution in [2.24, 2.45) is 4.99 Å². The Hall–Kier alpha value is -4.23. The number of hydrogen-bond donors (Lipinski definition) is 0. The Kier molecular flexibility index (Phi) is 6.99. The Bertz CT molecular complexity index is 1700. The fourth-order valence-corrected chi connectivity index (χ4v) is 6.30. The van der Waals surface area contributed by atoms with Gasteiger partial charge >= 0.3 is 5.97 Å². The second-order valence-electron chi connectivity index (χ2n) is 9.63. The number of benzene rings is 3. The SMILES string of the molecule is CCOC(=O)C1=C(c2ccccc2)N=c2s/c(=C/c3ccc(N4CCCC4)cc3)c(=O)n2[C@H]1c1ccccc1. The van der Waals surface area contributed by atoms with Gasteiger partial charge in [-0.1, -0.05) is 84.1 Å². The van der Waals surface area contributed by atoms with Gasteiger partial charge in [0.25, 0.3) is 5.56 Å². The van der Waals surface area contributed by atoms with Crippen molar-refractivity contribution in [1.82, 2.24) is 4.57 Å². The summed E-state index contributed by atoms with van der Waals surface area (Å²) in [5, 5.41) is 0. The summed E-state index contributed by atoms with van der Waals surface area (Å²) in [4.78, 5) is 35.3. The molecule has 2 aliphatic heterocycles. The van der Waals surface area contributed by atoms with Crippen molar-refractivity contribution in [2.45, 2.75) is 25.8 Å². The molecular weight excluding hydrogens is 506 g/mol. The minimum Gasteiger partial charge on any atom is -0.463 e. The van der Waals surface area contributed by atoms with E-state index in [9.17, 15) is 9.59 Å². The summed E-state index contributed by atoms with van der Waals surface area (Å²) in [6, 6.07) is 26.9. The van der Waals surface area contributed by atoms with Gasteiger partial charge in [0.2, 0.25) is 0 Å². The van der Waals surface area contributed by atoms with Gasteiger partial charge in [0, 0.05) is 24.3 Å². The van der Waals surface area contributed by atoms with Crippen LogP contribution in [0.3, 0.4) is 0 Å². The van der Waals surface area contributed by atoms with E-state index < -0.39 is 12.0 Å².